The van der Waals surface area contributed by atoms with Crippen molar-refractivity contribution >= 4 is 22.9 Å². The molecule has 0 aliphatic carbocycles. The number of nitrogens with one attached hydrogen (secondary N) is 2. The lowest BCUT2D eigenvalue weighted by atomic mass is 10.3. The Balaban J connectivity index is 1.53. The fourth-order valence-corrected chi connectivity index (χ4v) is 2.64. The van der Waals surface area contributed by atoms with Gasteiger partial charge in [0.2, 0.25) is 5.91 Å². The molecule has 1 saturated heterocycles. The van der Waals surface area contributed by atoms with Crippen LogP contribution >= 0.6 is 11.8 Å². The number of carbonyl (C=O) groups is 2. The predicted molar refractivity (Wildman–Crippen MR) is 71.8 cm³/mol. The number of hydrogen-bond acceptors (Lipinski definition) is 5. The molecule has 1 aliphatic heterocycles. The summed E-state index contributed by atoms with van der Waals surface area (Å²) in [5.41, 5.74) is 0. The molecule has 0 saturated carbocycles. The summed E-state index contributed by atoms with van der Waals surface area (Å²) >= 11 is 1.32. The molecule has 7 nitrogen and oxygen atoms in total. The largest absolute Gasteiger partial charge is 0.356 e. The molecule has 2 amide bonds. The second-order valence-corrected chi connectivity index (χ2v) is 5.28. The Morgan fingerprint density at radius 1 is 1.58 bits per heavy atom. The Morgan fingerprint density at radius 2 is 2.47 bits per heavy atom. The van der Waals surface area contributed by atoms with Crippen molar-refractivity contribution in [2.75, 3.05) is 25.4 Å². The lowest BCUT2D eigenvalue weighted by molar-refractivity contribution is -0.121. The Kier molecular flexibility index (Phi) is 5.20. The highest BCUT2D eigenvalue weighted by Crippen LogP contribution is 2.16. The van der Waals surface area contributed by atoms with E-state index in [4.69, 9.17) is 0 Å². The van der Waals surface area contributed by atoms with Gasteiger partial charge in [-0.3, -0.25) is 14.7 Å². The van der Waals surface area contributed by atoms with Crippen LogP contribution in [0.2, 0.25) is 0 Å². The van der Waals surface area contributed by atoms with Crippen LogP contribution in [0.3, 0.4) is 0 Å². The van der Waals surface area contributed by atoms with E-state index in [0.29, 0.717) is 19.5 Å². The van der Waals surface area contributed by atoms with Crippen molar-refractivity contribution in [3.63, 3.8) is 0 Å². The lowest BCUT2D eigenvalue weighted by Gasteiger charge is -2.13. The van der Waals surface area contributed by atoms with E-state index >= 15 is 0 Å². The van der Waals surface area contributed by atoms with Gasteiger partial charge in [0.25, 0.3) is 5.24 Å². The van der Waals surface area contributed by atoms with Gasteiger partial charge >= 0.3 is 0 Å². The predicted octanol–water partition coefficient (Wildman–Crippen LogP) is 0.412. The zero-order valence-corrected chi connectivity index (χ0v) is 11.4. The number of aromatic amines is 1. The van der Waals surface area contributed by atoms with Crippen LogP contribution in [0.4, 0.5) is 4.79 Å². The van der Waals surface area contributed by atoms with E-state index in [-0.39, 0.29) is 11.1 Å². The third-order valence-electron chi connectivity index (χ3n) is 2.83. The first kappa shape index (κ1) is 13.9. The highest BCUT2D eigenvalue weighted by molar-refractivity contribution is 8.13. The second kappa shape index (κ2) is 7.13. The van der Waals surface area contributed by atoms with E-state index < -0.39 is 0 Å². The molecule has 8 heteroatoms. The van der Waals surface area contributed by atoms with Gasteiger partial charge in [0, 0.05) is 38.2 Å². The molecule has 2 N–H and O–H groups in total. The molecule has 1 fully saturated rings. The SMILES string of the molecule is O=C(CCN1CCSC1=O)NCCCc1ncn[nH]1. The number of carbonyl (C=O) groups excluding carboxylic acids is 2. The minimum absolute atomic E-state index is 0.0118. The highest BCUT2D eigenvalue weighted by atomic mass is 32.2. The molecule has 19 heavy (non-hydrogen) atoms. The van der Waals surface area contributed by atoms with Gasteiger partial charge in [-0.25, -0.2) is 4.98 Å². The van der Waals surface area contributed by atoms with Gasteiger partial charge in [0.1, 0.15) is 12.2 Å². The standard InChI is InChI=1S/C11H17N5O2S/c17-10(3-5-16-6-7-19-11(16)18)12-4-1-2-9-13-8-14-15-9/h8H,1-7H2,(H,12,17)(H,13,14,15). The molecule has 1 aromatic rings. The van der Waals surface area contributed by atoms with Gasteiger partial charge in [-0.1, -0.05) is 11.8 Å². The molecule has 2 heterocycles. The first-order valence-electron chi connectivity index (χ1n) is 6.28. The smallest absolute Gasteiger partial charge is 0.281 e. The molecule has 104 valence electrons. The molecule has 1 aromatic heterocycles. The number of thioether (sulfide) groups is 1. The van der Waals surface area contributed by atoms with Gasteiger partial charge < -0.3 is 10.2 Å². The Labute approximate surface area is 115 Å². The van der Waals surface area contributed by atoms with E-state index in [2.05, 4.69) is 20.5 Å². The topological polar surface area (TPSA) is 91.0 Å². The zero-order chi connectivity index (χ0) is 13.5. The average molecular weight is 283 g/mol. The van der Waals surface area contributed by atoms with Crippen LogP contribution in [0, 0.1) is 0 Å². The van der Waals surface area contributed by atoms with Gasteiger partial charge in [-0.05, 0) is 6.42 Å². The number of hydrogen-bond donors (Lipinski definition) is 2. The first-order valence-corrected chi connectivity index (χ1v) is 7.27. The summed E-state index contributed by atoms with van der Waals surface area (Å²) in [5.74, 6) is 1.65. The van der Waals surface area contributed by atoms with Gasteiger partial charge in [-0.15, -0.1) is 0 Å². The number of H-pyrrole nitrogens is 1. The van der Waals surface area contributed by atoms with Crippen LogP contribution in [0.15, 0.2) is 6.33 Å². The van der Waals surface area contributed by atoms with Crippen molar-refractivity contribution in [2.24, 2.45) is 0 Å². The fraction of sp³-hybridized carbons (Fsp3) is 0.636. The van der Waals surface area contributed by atoms with Crippen molar-refractivity contribution in [1.29, 1.82) is 0 Å². The van der Waals surface area contributed by atoms with E-state index in [1.54, 1.807) is 4.90 Å². The maximum absolute atomic E-state index is 11.6. The first-order chi connectivity index (χ1) is 9.25. The number of amides is 2. The summed E-state index contributed by atoms with van der Waals surface area (Å²) in [4.78, 5) is 28.6. The molecule has 0 unspecified atom stereocenters. The van der Waals surface area contributed by atoms with Crippen molar-refractivity contribution < 1.29 is 9.59 Å². The molecule has 0 spiro atoms. The van der Waals surface area contributed by atoms with Crippen molar-refractivity contribution in [2.45, 2.75) is 19.3 Å². The molecular weight excluding hydrogens is 266 g/mol. The van der Waals surface area contributed by atoms with Gasteiger partial charge in [0.15, 0.2) is 0 Å². The van der Waals surface area contributed by atoms with Gasteiger partial charge in [-0.2, -0.15) is 5.10 Å². The third kappa shape index (κ3) is 4.55. The molecule has 0 atom stereocenters. The number of aryl methyl sites for hydroxylation is 1. The molecule has 0 radical (unpaired) electrons. The van der Waals surface area contributed by atoms with Crippen LogP contribution in [0.1, 0.15) is 18.7 Å². The van der Waals surface area contributed by atoms with Crippen molar-refractivity contribution in [3.05, 3.63) is 12.2 Å². The third-order valence-corrected chi connectivity index (χ3v) is 3.72. The highest BCUT2D eigenvalue weighted by Gasteiger charge is 2.21. The fourth-order valence-electron chi connectivity index (χ4n) is 1.79. The summed E-state index contributed by atoms with van der Waals surface area (Å²) in [6.45, 7) is 1.88. The molecule has 0 aromatic carbocycles. The minimum atomic E-state index is -0.0118. The lowest BCUT2D eigenvalue weighted by Crippen LogP contribution is -2.31. The maximum atomic E-state index is 11.6. The Hall–Kier alpha value is -1.57. The number of nitrogens with zero attached hydrogens (tertiary/aromatic N) is 3. The quantitative estimate of drug-likeness (QED) is 0.707. The molecule has 2 rings (SSSR count). The Bertz CT molecular complexity index is 423. The summed E-state index contributed by atoms with van der Waals surface area (Å²) in [6, 6.07) is 0. The zero-order valence-electron chi connectivity index (χ0n) is 10.6. The van der Waals surface area contributed by atoms with Gasteiger partial charge in [0.05, 0.1) is 0 Å². The van der Waals surface area contributed by atoms with Crippen molar-refractivity contribution in [3.8, 4) is 0 Å². The van der Waals surface area contributed by atoms with E-state index in [1.807, 2.05) is 0 Å². The van der Waals surface area contributed by atoms with E-state index in [1.165, 1.54) is 18.1 Å². The van der Waals surface area contributed by atoms with Crippen LogP contribution in [0.5, 0.6) is 0 Å². The minimum Gasteiger partial charge on any atom is -0.356 e. The normalized spacial score (nSPS) is 14.9. The summed E-state index contributed by atoms with van der Waals surface area (Å²) in [6.07, 6.45) is 3.43. The molecular formula is C11H17N5O2S. The van der Waals surface area contributed by atoms with Crippen LogP contribution in [-0.2, 0) is 11.2 Å². The molecule has 0 bridgehead atoms. The van der Waals surface area contributed by atoms with Crippen LogP contribution < -0.4 is 5.32 Å². The average Bonchev–Trinajstić information content (AvgIpc) is 3.04. The summed E-state index contributed by atoms with van der Waals surface area (Å²) < 4.78 is 0. The van der Waals surface area contributed by atoms with Crippen molar-refractivity contribution in [1.82, 2.24) is 25.4 Å². The molecule has 1 aliphatic rings. The Morgan fingerprint density at radius 3 is 3.16 bits per heavy atom. The number of rotatable bonds is 7. The van der Waals surface area contributed by atoms with E-state index in [0.717, 1.165) is 31.0 Å². The maximum Gasteiger partial charge on any atom is 0.281 e. The van der Waals surface area contributed by atoms with E-state index in [9.17, 15) is 9.59 Å². The number of aromatic nitrogens is 3. The van der Waals surface area contributed by atoms with Crippen LogP contribution in [-0.4, -0.2) is 56.6 Å². The second-order valence-electron chi connectivity index (χ2n) is 4.24. The summed E-state index contributed by atoms with van der Waals surface area (Å²) in [5, 5.41) is 9.45. The summed E-state index contributed by atoms with van der Waals surface area (Å²) in [7, 11) is 0. The van der Waals surface area contributed by atoms with Crippen LogP contribution in [0.25, 0.3) is 0 Å². The monoisotopic (exact) mass is 283 g/mol.